The van der Waals surface area contributed by atoms with E-state index in [-0.39, 0.29) is 11.8 Å². The number of anilines is 1. The number of pyridine rings is 2. The normalized spacial score (nSPS) is 11.3. The van der Waals surface area contributed by atoms with Gasteiger partial charge in [-0.3, -0.25) is 14.8 Å². The van der Waals surface area contributed by atoms with Gasteiger partial charge in [0, 0.05) is 36.7 Å². The van der Waals surface area contributed by atoms with E-state index in [4.69, 9.17) is 4.74 Å². The number of aryl methyl sites for hydroxylation is 3. The third-order valence-corrected chi connectivity index (χ3v) is 6.75. The Kier molecular flexibility index (Phi) is 7.50. The van der Waals surface area contributed by atoms with E-state index in [1.165, 1.54) is 0 Å². The third-order valence-electron chi connectivity index (χ3n) is 6.75. The molecule has 0 saturated carbocycles. The standard InChI is InChI=1S/C30H33N7O3/c1-18(2)17-40-30(39)35-28-25-10-20(4)26(21(5)24(25)8-9-31-28)12-32-29(38)22-11-33-37(14-22)16-23-15-36-13-19(3)6-7-27(36)34-23/h6-11,13-15,18H,12,16-17H2,1-5H3,(H,32,38)(H,31,35,39). The molecule has 0 aliphatic rings. The first-order valence-corrected chi connectivity index (χ1v) is 13.2. The van der Waals surface area contributed by atoms with E-state index in [2.05, 4.69) is 25.7 Å². The van der Waals surface area contributed by atoms with Gasteiger partial charge in [0.15, 0.2) is 0 Å². The highest BCUT2D eigenvalue weighted by atomic mass is 16.5. The van der Waals surface area contributed by atoms with Crippen LogP contribution in [-0.2, 0) is 17.8 Å². The Morgan fingerprint density at radius 2 is 1.88 bits per heavy atom. The maximum Gasteiger partial charge on any atom is 0.412 e. The minimum absolute atomic E-state index is 0.208. The summed E-state index contributed by atoms with van der Waals surface area (Å²) in [4.78, 5) is 34.2. The van der Waals surface area contributed by atoms with Gasteiger partial charge in [-0.1, -0.05) is 19.9 Å². The average Bonchev–Trinajstić information content (AvgIpc) is 3.54. The van der Waals surface area contributed by atoms with Crippen molar-refractivity contribution >= 4 is 34.2 Å². The van der Waals surface area contributed by atoms with Gasteiger partial charge in [-0.25, -0.2) is 14.8 Å². The van der Waals surface area contributed by atoms with Gasteiger partial charge < -0.3 is 14.5 Å². The highest BCUT2D eigenvalue weighted by Gasteiger charge is 2.16. The van der Waals surface area contributed by atoms with Gasteiger partial charge in [0.25, 0.3) is 5.91 Å². The quantitative estimate of drug-likeness (QED) is 0.281. The second-order valence-corrected chi connectivity index (χ2v) is 10.5. The molecule has 4 heterocycles. The van der Waals surface area contributed by atoms with E-state index in [9.17, 15) is 9.59 Å². The van der Waals surface area contributed by atoms with Crippen molar-refractivity contribution in [2.24, 2.45) is 5.92 Å². The molecule has 5 rings (SSSR count). The van der Waals surface area contributed by atoms with Crippen molar-refractivity contribution in [3.8, 4) is 0 Å². The molecule has 0 unspecified atom stereocenters. The van der Waals surface area contributed by atoms with Crippen LogP contribution in [-0.4, -0.2) is 42.8 Å². The maximum absolute atomic E-state index is 13.0. The number of nitrogens with one attached hydrogen (secondary N) is 2. The Balaban J connectivity index is 1.27. The number of hydrogen-bond acceptors (Lipinski definition) is 6. The zero-order valence-electron chi connectivity index (χ0n) is 23.4. The zero-order chi connectivity index (χ0) is 28.4. The lowest BCUT2D eigenvalue weighted by Gasteiger charge is -2.16. The largest absolute Gasteiger partial charge is 0.449 e. The lowest BCUT2D eigenvalue weighted by Crippen LogP contribution is -2.23. The van der Waals surface area contributed by atoms with Crippen molar-refractivity contribution in [1.82, 2.24) is 29.5 Å². The molecule has 2 N–H and O–H groups in total. The molecule has 0 atom stereocenters. The average molecular weight is 540 g/mol. The molecule has 0 spiro atoms. The van der Waals surface area contributed by atoms with Crippen LogP contribution in [0, 0.1) is 26.7 Å². The topological polar surface area (TPSA) is 115 Å². The van der Waals surface area contributed by atoms with Gasteiger partial charge in [-0.15, -0.1) is 0 Å². The van der Waals surface area contributed by atoms with Crippen LogP contribution >= 0.6 is 0 Å². The molecule has 10 nitrogen and oxygen atoms in total. The monoisotopic (exact) mass is 539 g/mol. The fourth-order valence-electron chi connectivity index (χ4n) is 4.69. The number of amides is 2. The number of nitrogens with zero attached hydrogens (tertiary/aromatic N) is 5. The molecule has 206 valence electrons. The Labute approximate surface area is 232 Å². The first-order chi connectivity index (χ1) is 19.2. The maximum atomic E-state index is 13.0. The number of fused-ring (bicyclic) bond motifs is 2. The first kappa shape index (κ1) is 26.9. The molecular formula is C30H33N7O3. The number of imidazole rings is 1. The third kappa shape index (κ3) is 5.80. The molecule has 0 aliphatic carbocycles. The summed E-state index contributed by atoms with van der Waals surface area (Å²) in [6, 6.07) is 7.89. The molecule has 1 aromatic carbocycles. The number of ether oxygens (including phenoxy) is 1. The van der Waals surface area contributed by atoms with Crippen LogP contribution in [0.15, 0.2) is 55.2 Å². The molecule has 0 radical (unpaired) electrons. The molecule has 10 heteroatoms. The van der Waals surface area contributed by atoms with E-state index in [0.29, 0.717) is 31.1 Å². The van der Waals surface area contributed by atoms with E-state index in [0.717, 1.165) is 44.4 Å². The van der Waals surface area contributed by atoms with Crippen LogP contribution in [0.2, 0.25) is 0 Å². The Bertz CT molecular complexity index is 1720. The van der Waals surface area contributed by atoms with Crippen LogP contribution in [0.3, 0.4) is 0 Å². The number of carbonyl (C=O) groups excluding carboxylic acids is 2. The molecular weight excluding hydrogens is 506 g/mol. The number of carbonyl (C=O) groups is 2. The van der Waals surface area contributed by atoms with Gasteiger partial charge in [-0.05, 0) is 72.5 Å². The Morgan fingerprint density at radius 1 is 1.05 bits per heavy atom. The van der Waals surface area contributed by atoms with Crippen molar-refractivity contribution in [3.05, 3.63) is 88.8 Å². The van der Waals surface area contributed by atoms with Gasteiger partial charge >= 0.3 is 6.09 Å². The molecule has 40 heavy (non-hydrogen) atoms. The summed E-state index contributed by atoms with van der Waals surface area (Å²) in [7, 11) is 0. The fourth-order valence-corrected chi connectivity index (χ4v) is 4.69. The number of benzene rings is 1. The van der Waals surface area contributed by atoms with Gasteiger partial charge in [0.05, 0.1) is 30.6 Å². The van der Waals surface area contributed by atoms with Crippen LogP contribution in [0.4, 0.5) is 10.6 Å². The minimum atomic E-state index is -0.530. The van der Waals surface area contributed by atoms with Crippen molar-refractivity contribution in [2.45, 2.75) is 47.7 Å². The molecule has 0 fully saturated rings. The smallest absolute Gasteiger partial charge is 0.412 e. The predicted octanol–water partition coefficient (Wildman–Crippen LogP) is 5.19. The summed E-state index contributed by atoms with van der Waals surface area (Å²) in [5.74, 6) is 0.478. The molecule has 0 bridgehead atoms. The number of rotatable bonds is 8. The zero-order valence-corrected chi connectivity index (χ0v) is 23.4. The molecule has 0 aliphatic heterocycles. The van der Waals surface area contributed by atoms with Crippen molar-refractivity contribution in [1.29, 1.82) is 0 Å². The highest BCUT2D eigenvalue weighted by Crippen LogP contribution is 2.29. The second kappa shape index (κ2) is 11.2. The fraction of sp³-hybridized carbons (Fsp3) is 0.300. The predicted molar refractivity (Wildman–Crippen MR) is 153 cm³/mol. The van der Waals surface area contributed by atoms with Gasteiger partial charge in [0.1, 0.15) is 11.5 Å². The second-order valence-electron chi connectivity index (χ2n) is 10.5. The Hall–Kier alpha value is -4.73. The molecule has 2 amide bonds. The van der Waals surface area contributed by atoms with E-state index < -0.39 is 6.09 Å². The van der Waals surface area contributed by atoms with Crippen LogP contribution in [0.5, 0.6) is 0 Å². The summed E-state index contributed by atoms with van der Waals surface area (Å²) in [6.07, 6.45) is 8.42. The highest BCUT2D eigenvalue weighted by molar-refractivity contribution is 6.00. The Morgan fingerprint density at radius 3 is 2.67 bits per heavy atom. The number of aromatic nitrogens is 5. The van der Waals surface area contributed by atoms with Gasteiger partial charge in [0.2, 0.25) is 0 Å². The SMILES string of the molecule is Cc1ccc2nc(Cn3cc(C(=O)NCc4c(C)cc5c(NC(=O)OCC(C)C)nccc5c4C)cn3)cn2c1. The summed E-state index contributed by atoms with van der Waals surface area (Å²) < 4.78 is 8.95. The van der Waals surface area contributed by atoms with Crippen LogP contribution in [0.1, 0.15) is 52.2 Å². The van der Waals surface area contributed by atoms with Crippen LogP contribution in [0.25, 0.3) is 16.4 Å². The molecule has 5 aromatic rings. The number of hydrogen-bond donors (Lipinski definition) is 2. The van der Waals surface area contributed by atoms with E-state index in [1.54, 1.807) is 23.3 Å². The summed E-state index contributed by atoms with van der Waals surface area (Å²) >= 11 is 0. The van der Waals surface area contributed by atoms with Crippen molar-refractivity contribution in [2.75, 3.05) is 11.9 Å². The molecule has 0 saturated heterocycles. The summed E-state index contributed by atoms with van der Waals surface area (Å²) in [5, 5.41) is 11.9. The van der Waals surface area contributed by atoms with Crippen LogP contribution < -0.4 is 10.6 Å². The lowest BCUT2D eigenvalue weighted by molar-refractivity contribution is 0.0950. The van der Waals surface area contributed by atoms with Crippen molar-refractivity contribution in [3.63, 3.8) is 0 Å². The van der Waals surface area contributed by atoms with E-state index >= 15 is 0 Å². The first-order valence-electron chi connectivity index (χ1n) is 13.2. The summed E-state index contributed by atoms with van der Waals surface area (Å²) in [5.41, 5.74) is 6.36. The minimum Gasteiger partial charge on any atom is -0.449 e. The lowest BCUT2D eigenvalue weighted by atomic mass is 9.96. The summed E-state index contributed by atoms with van der Waals surface area (Å²) in [6.45, 7) is 11.1. The van der Waals surface area contributed by atoms with Gasteiger partial charge in [-0.2, -0.15) is 5.10 Å². The van der Waals surface area contributed by atoms with E-state index in [1.807, 2.05) is 75.7 Å². The molecule has 4 aromatic heterocycles. The van der Waals surface area contributed by atoms with Crippen molar-refractivity contribution < 1.29 is 14.3 Å².